The SMILES string of the molecule is CC1CC(C)CN(CC(C)NC(=O)N2CCC[C@H]2CO)C1. The molecule has 0 bridgehead atoms. The molecular weight excluding hydrogens is 266 g/mol. The van der Waals surface area contributed by atoms with Crippen molar-refractivity contribution in [2.45, 2.75) is 52.1 Å². The average molecular weight is 297 g/mol. The van der Waals surface area contributed by atoms with Gasteiger partial charge in [-0.05, 0) is 38.0 Å². The number of amides is 2. The van der Waals surface area contributed by atoms with Gasteiger partial charge in [0.2, 0.25) is 0 Å². The van der Waals surface area contributed by atoms with E-state index in [-0.39, 0.29) is 24.7 Å². The second-order valence-electron chi connectivity index (χ2n) is 7.19. The maximum atomic E-state index is 12.3. The van der Waals surface area contributed by atoms with Gasteiger partial charge in [0.1, 0.15) is 0 Å². The average Bonchev–Trinajstić information content (AvgIpc) is 2.85. The quantitative estimate of drug-likeness (QED) is 0.827. The molecule has 2 N–H and O–H groups in total. The minimum Gasteiger partial charge on any atom is -0.394 e. The second kappa shape index (κ2) is 7.45. The fourth-order valence-electron chi connectivity index (χ4n) is 3.96. The van der Waals surface area contributed by atoms with Crippen LogP contribution in [-0.4, -0.2) is 65.8 Å². The molecule has 2 heterocycles. The van der Waals surface area contributed by atoms with Gasteiger partial charge >= 0.3 is 6.03 Å². The number of nitrogens with zero attached hydrogens (tertiary/aromatic N) is 2. The van der Waals surface area contributed by atoms with Gasteiger partial charge in [0.25, 0.3) is 0 Å². The largest absolute Gasteiger partial charge is 0.394 e. The molecule has 2 aliphatic heterocycles. The highest BCUT2D eigenvalue weighted by Crippen LogP contribution is 2.21. The van der Waals surface area contributed by atoms with Crippen LogP contribution >= 0.6 is 0 Å². The molecule has 0 saturated carbocycles. The highest BCUT2D eigenvalue weighted by Gasteiger charge is 2.29. The van der Waals surface area contributed by atoms with Crippen LogP contribution in [0, 0.1) is 11.8 Å². The van der Waals surface area contributed by atoms with Crippen molar-refractivity contribution in [2.24, 2.45) is 11.8 Å². The number of hydrogen-bond acceptors (Lipinski definition) is 3. The number of aliphatic hydroxyl groups excluding tert-OH is 1. The second-order valence-corrected chi connectivity index (χ2v) is 7.19. The Labute approximate surface area is 128 Å². The molecular formula is C16H31N3O2. The van der Waals surface area contributed by atoms with Gasteiger partial charge in [-0.3, -0.25) is 0 Å². The molecule has 2 aliphatic rings. The molecule has 0 aromatic heterocycles. The van der Waals surface area contributed by atoms with Crippen LogP contribution in [0.4, 0.5) is 4.79 Å². The van der Waals surface area contributed by atoms with E-state index in [1.54, 1.807) is 4.90 Å². The Morgan fingerprint density at radius 2 is 2.00 bits per heavy atom. The molecule has 2 rings (SSSR count). The number of hydrogen-bond donors (Lipinski definition) is 2. The predicted octanol–water partition coefficient (Wildman–Crippen LogP) is 1.52. The number of likely N-dealkylation sites (tertiary alicyclic amines) is 2. The number of urea groups is 1. The highest BCUT2D eigenvalue weighted by molar-refractivity contribution is 5.75. The van der Waals surface area contributed by atoms with Gasteiger partial charge < -0.3 is 20.2 Å². The zero-order valence-electron chi connectivity index (χ0n) is 13.7. The van der Waals surface area contributed by atoms with Gasteiger partial charge in [0.15, 0.2) is 0 Å². The van der Waals surface area contributed by atoms with E-state index in [1.165, 1.54) is 6.42 Å². The molecule has 2 amide bonds. The first-order valence-corrected chi connectivity index (χ1v) is 8.40. The van der Waals surface area contributed by atoms with E-state index in [2.05, 4.69) is 31.0 Å². The van der Waals surface area contributed by atoms with Crippen molar-refractivity contribution in [3.05, 3.63) is 0 Å². The van der Waals surface area contributed by atoms with Crippen molar-refractivity contribution in [2.75, 3.05) is 32.8 Å². The van der Waals surface area contributed by atoms with E-state index in [9.17, 15) is 9.90 Å². The number of nitrogens with one attached hydrogen (secondary N) is 1. The molecule has 21 heavy (non-hydrogen) atoms. The monoisotopic (exact) mass is 297 g/mol. The van der Waals surface area contributed by atoms with E-state index >= 15 is 0 Å². The summed E-state index contributed by atoms with van der Waals surface area (Å²) in [4.78, 5) is 16.5. The summed E-state index contributed by atoms with van der Waals surface area (Å²) < 4.78 is 0. The minimum absolute atomic E-state index is 0.00670. The summed E-state index contributed by atoms with van der Waals surface area (Å²) in [7, 11) is 0. The van der Waals surface area contributed by atoms with E-state index in [0.29, 0.717) is 0 Å². The van der Waals surface area contributed by atoms with Gasteiger partial charge in [0, 0.05) is 32.2 Å². The number of aliphatic hydroxyl groups is 1. The Hall–Kier alpha value is -0.810. The Morgan fingerprint density at radius 3 is 2.62 bits per heavy atom. The number of piperidine rings is 1. The minimum atomic E-state index is -0.0165. The van der Waals surface area contributed by atoms with E-state index < -0.39 is 0 Å². The van der Waals surface area contributed by atoms with Crippen LogP contribution in [0.25, 0.3) is 0 Å². The number of carbonyl (C=O) groups is 1. The summed E-state index contributed by atoms with van der Waals surface area (Å²) in [6, 6.07) is 0.138. The molecule has 0 aromatic rings. The van der Waals surface area contributed by atoms with E-state index in [0.717, 1.165) is 50.9 Å². The van der Waals surface area contributed by atoms with Crippen LogP contribution in [0.2, 0.25) is 0 Å². The molecule has 0 aliphatic carbocycles. The zero-order valence-corrected chi connectivity index (χ0v) is 13.7. The standard InChI is InChI=1S/C16H31N3O2/c1-12-7-13(2)9-18(8-12)10-14(3)17-16(21)19-6-4-5-15(19)11-20/h12-15,20H,4-11H2,1-3H3,(H,17,21)/t12?,13?,14?,15-/m0/s1. The van der Waals surface area contributed by atoms with Crippen molar-refractivity contribution in [1.82, 2.24) is 15.1 Å². The molecule has 0 radical (unpaired) electrons. The molecule has 0 spiro atoms. The Morgan fingerprint density at radius 1 is 1.33 bits per heavy atom. The van der Waals surface area contributed by atoms with Gasteiger partial charge in [-0.15, -0.1) is 0 Å². The lowest BCUT2D eigenvalue weighted by Gasteiger charge is -2.36. The third-order valence-corrected chi connectivity index (χ3v) is 4.70. The van der Waals surface area contributed by atoms with Gasteiger partial charge in [-0.2, -0.15) is 0 Å². The molecule has 0 aromatic carbocycles. The summed E-state index contributed by atoms with van der Waals surface area (Å²) in [6.07, 6.45) is 3.22. The maximum Gasteiger partial charge on any atom is 0.317 e. The smallest absolute Gasteiger partial charge is 0.317 e. The van der Waals surface area contributed by atoms with Crippen molar-refractivity contribution in [3.63, 3.8) is 0 Å². The van der Waals surface area contributed by atoms with Gasteiger partial charge in [-0.1, -0.05) is 13.8 Å². The molecule has 122 valence electrons. The first kappa shape index (κ1) is 16.6. The van der Waals surface area contributed by atoms with Crippen molar-refractivity contribution in [3.8, 4) is 0 Å². The van der Waals surface area contributed by atoms with Crippen LogP contribution in [0.5, 0.6) is 0 Å². The molecule has 2 fully saturated rings. The van der Waals surface area contributed by atoms with Gasteiger partial charge in [0.05, 0.1) is 12.6 Å². The van der Waals surface area contributed by atoms with Crippen LogP contribution in [0.15, 0.2) is 0 Å². The van der Waals surface area contributed by atoms with Crippen LogP contribution in [-0.2, 0) is 0 Å². The lowest BCUT2D eigenvalue weighted by Crippen LogP contribution is -2.51. The number of rotatable bonds is 4. The van der Waals surface area contributed by atoms with E-state index in [4.69, 9.17) is 0 Å². The third kappa shape index (κ3) is 4.58. The lowest BCUT2D eigenvalue weighted by molar-refractivity contribution is 0.125. The van der Waals surface area contributed by atoms with Crippen LogP contribution in [0.3, 0.4) is 0 Å². The normalized spacial score (nSPS) is 32.2. The molecule has 4 atom stereocenters. The summed E-state index contributed by atoms with van der Waals surface area (Å²) in [5, 5.41) is 12.4. The predicted molar refractivity (Wildman–Crippen MR) is 84.2 cm³/mol. The Bertz CT molecular complexity index is 340. The fraction of sp³-hybridized carbons (Fsp3) is 0.938. The zero-order chi connectivity index (χ0) is 15.4. The Balaban J connectivity index is 1.78. The fourth-order valence-corrected chi connectivity index (χ4v) is 3.96. The summed E-state index contributed by atoms with van der Waals surface area (Å²) in [5.74, 6) is 1.49. The van der Waals surface area contributed by atoms with E-state index in [1.807, 2.05) is 0 Å². The molecule has 3 unspecified atom stereocenters. The first-order chi connectivity index (χ1) is 9.99. The lowest BCUT2D eigenvalue weighted by atomic mass is 9.92. The molecule has 5 heteroatoms. The third-order valence-electron chi connectivity index (χ3n) is 4.70. The topological polar surface area (TPSA) is 55.8 Å². The summed E-state index contributed by atoms with van der Waals surface area (Å²) >= 11 is 0. The highest BCUT2D eigenvalue weighted by atomic mass is 16.3. The van der Waals surface area contributed by atoms with Crippen molar-refractivity contribution < 1.29 is 9.90 Å². The maximum absolute atomic E-state index is 12.3. The molecule has 2 saturated heterocycles. The first-order valence-electron chi connectivity index (χ1n) is 8.40. The van der Waals surface area contributed by atoms with Gasteiger partial charge in [-0.25, -0.2) is 4.79 Å². The summed E-state index contributed by atoms with van der Waals surface area (Å²) in [6.45, 7) is 10.7. The van der Waals surface area contributed by atoms with Crippen LogP contribution in [0.1, 0.15) is 40.0 Å². The summed E-state index contributed by atoms with van der Waals surface area (Å²) in [5.41, 5.74) is 0. The van der Waals surface area contributed by atoms with Crippen LogP contribution < -0.4 is 5.32 Å². The van der Waals surface area contributed by atoms with Crippen molar-refractivity contribution >= 4 is 6.03 Å². The Kier molecular flexibility index (Phi) is 5.88. The number of carbonyl (C=O) groups excluding carboxylic acids is 1. The van der Waals surface area contributed by atoms with Crippen molar-refractivity contribution in [1.29, 1.82) is 0 Å². The molecule has 5 nitrogen and oxygen atoms in total.